The first-order valence-corrected chi connectivity index (χ1v) is 4.67. The van der Waals surface area contributed by atoms with Crippen LogP contribution in [0.1, 0.15) is 9.67 Å². The lowest BCUT2D eigenvalue weighted by atomic mass is 10.6. The molecule has 0 spiro atoms. The summed E-state index contributed by atoms with van der Waals surface area (Å²) >= 11 is 1.24. The number of thiazole rings is 1. The number of nitrogens with zero attached hydrogens (tertiary/aromatic N) is 2. The predicted octanol–water partition coefficient (Wildman–Crippen LogP) is 1.32. The van der Waals surface area contributed by atoms with E-state index in [2.05, 4.69) is 19.7 Å². The van der Waals surface area contributed by atoms with Gasteiger partial charge in [-0.15, -0.1) is 11.3 Å². The van der Waals surface area contributed by atoms with E-state index < -0.39 is 0 Å². The first-order valence-electron chi connectivity index (χ1n) is 3.85. The van der Waals surface area contributed by atoms with Crippen molar-refractivity contribution in [3.8, 4) is 10.8 Å². The molecule has 0 radical (unpaired) electrons. The van der Waals surface area contributed by atoms with Gasteiger partial charge in [-0.25, -0.2) is 14.8 Å². The Bertz CT molecular complexity index is 435. The Labute approximate surface area is 83.8 Å². The van der Waals surface area contributed by atoms with Gasteiger partial charge in [0.25, 0.3) is 0 Å². The molecule has 0 fully saturated rings. The number of esters is 1. The molecule has 1 N–H and O–H groups in total. The molecule has 0 amide bonds. The summed E-state index contributed by atoms with van der Waals surface area (Å²) in [6.07, 6.45) is 4.82. The maximum absolute atomic E-state index is 11.1. The van der Waals surface area contributed by atoms with Crippen LogP contribution in [-0.2, 0) is 4.74 Å². The molecule has 2 aromatic rings. The van der Waals surface area contributed by atoms with Crippen molar-refractivity contribution >= 4 is 17.3 Å². The second-order valence-electron chi connectivity index (χ2n) is 2.46. The first-order chi connectivity index (χ1) is 6.81. The van der Waals surface area contributed by atoms with Crippen LogP contribution in [0.3, 0.4) is 0 Å². The van der Waals surface area contributed by atoms with Gasteiger partial charge in [-0.3, -0.25) is 0 Å². The van der Waals surface area contributed by atoms with Crippen LogP contribution in [0.25, 0.3) is 10.8 Å². The maximum atomic E-state index is 11.1. The van der Waals surface area contributed by atoms with Gasteiger partial charge in [0.05, 0.1) is 13.3 Å². The van der Waals surface area contributed by atoms with Gasteiger partial charge in [0.2, 0.25) is 0 Å². The van der Waals surface area contributed by atoms with Crippen molar-refractivity contribution < 1.29 is 9.53 Å². The number of H-pyrrole nitrogens is 1. The molecule has 2 aromatic heterocycles. The van der Waals surface area contributed by atoms with E-state index in [0.29, 0.717) is 15.7 Å². The molecule has 0 aliphatic heterocycles. The normalized spacial score (nSPS) is 10.1. The minimum atomic E-state index is -0.375. The highest BCUT2D eigenvalue weighted by Gasteiger charge is 2.12. The number of carbonyl (C=O) groups excluding carboxylic acids is 1. The fourth-order valence-electron chi connectivity index (χ4n) is 0.961. The van der Waals surface area contributed by atoms with E-state index in [1.807, 2.05) is 0 Å². The van der Waals surface area contributed by atoms with Crippen molar-refractivity contribution in [1.29, 1.82) is 0 Å². The topological polar surface area (TPSA) is 67.9 Å². The summed E-state index contributed by atoms with van der Waals surface area (Å²) in [5.41, 5.74) is 0. The maximum Gasteiger partial charge on any atom is 0.349 e. The molecule has 0 bridgehead atoms. The second-order valence-corrected chi connectivity index (χ2v) is 3.49. The van der Waals surface area contributed by atoms with E-state index in [1.165, 1.54) is 24.6 Å². The van der Waals surface area contributed by atoms with Crippen LogP contribution in [0.5, 0.6) is 0 Å². The standard InChI is InChI=1S/C8H7N3O2S/c1-13-8(12)5-4-11-7(14-5)6-9-2-3-10-6/h2-4H,1H3,(H,9,10). The number of hydrogen-bond acceptors (Lipinski definition) is 5. The lowest BCUT2D eigenvalue weighted by Gasteiger charge is -1.90. The molecule has 0 saturated carbocycles. The number of hydrogen-bond donors (Lipinski definition) is 1. The number of aromatic nitrogens is 3. The fraction of sp³-hybridized carbons (Fsp3) is 0.125. The van der Waals surface area contributed by atoms with E-state index in [4.69, 9.17) is 0 Å². The molecule has 5 nitrogen and oxygen atoms in total. The van der Waals surface area contributed by atoms with Gasteiger partial charge in [-0.1, -0.05) is 0 Å². The van der Waals surface area contributed by atoms with Crippen molar-refractivity contribution in [2.75, 3.05) is 7.11 Å². The van der Waals surface area contributed by atoms with E-state index >= 15 is 0 Å². The number of imidazole rings is 1. The van der Waals surface area contributed by atoms with Crippen molar-refractivity contribution in [2.24, 2.45) is 0 Å². The minimum absolute atomic E-state index is 0.375. The van der Waals surface area contributed by atoms with Crippen molar-refractivity contribution in [1.82, 2.24) is 15.0 Å². The van der Waals surface area contributed by atoms with E-state index in [1.54, 1.807) is 12.4 Å². The Morgan fingerprint density at radius 2 is 2.43 bits per heavy atom. The highest BCUT2D eigenvalue weighted by molar-refractivity contribution is 7.16. The summed E-state index contributed by atoms with van der Waals surface area (Å²) in [7, 11) is 1.34. The van der Waals surface area contributed by atoms with E-state index in [9.17, 15) is 4.79 Å². The number of nitrogens with one attached hydrogen (secondary N) is 1. The molecular weight excluding hydrogens is 202 g/mol. The third-order valence-electron chi connectivity index (χ3n) is 1.59. The van der Waals surface area contributed by atoms with E-state index in [-0.39, 0.29) is 5.97 Å². The third kappa shape index (κ3) is 1.51. The van der Waals surface area contributed by atoms with Gasteiger partial charge in [-0.05, 0) is 0 Å². The first kappa shape index (κ1) is 8.89. The quantitative estimate of drug-likeness (QED) is 0.757. The summed E-state index contributed by atoms with van der Waals surface area (Å²) in [6, 6.07) is 0. The van der Waals surface area contributed by atoms with Crippen molar-refractivity contribution in [2.45, 2.75) is 0 Å². The molecule has 0 aliphatic carbocycles. The second kappa shape index (κ2) is 3.59. The molecule has 72 valence electrons. The predicted molar refractivity (Wildman–Crippen MR) is 51.0 cm³/mol. The Balaban J connectivity index is 2.31. The monoisotopic (exact) mass is 209 g/mol. The summed E-state index contributed by atoms with van der Waals surface area (Å²) in [6.45, 7) is 0. The molecule has 6 heteroatoms. The lowest BCUT2D eigenvalue weighted by molar-refractivity contribution is 0.0606. The largest absolute Gasteiger partial charge is 0.465 e. The Kier molecular flexibility index (Phi) is 2.28. The summed E-state index contributed by atoms with van der Waals surface area (Å²) in [5.74, 6) is 0.283. The highest BCUT2D eigenvalue weighted by atomic mass is 32.1. The number of carbonyl (C=O) groups is 1. The Hall–Kier alpha value is -1.69. The van der Waals surface area contributed by atoms with Gasteiger partial charge in [-0.2, -0.15) is 0 Å². The molecule has 0 unspecified atom stereocenters. The molecule has 0 saturated heterocycles. The number of methoxy groups -OCH3 is 1. The lowest BCUT2D eigenvalue weighted by Crippen LogP contribution is -1.96. The molecule has 2 rings (SSSR count). The summed E-state index contributed by atoms with van der Waals surface area (Å²) in [5, 5.41) is 0.676. The SMILES string of the molecule is COC(=O)c1cnc(-c2ncc[nH]2)s1. The summed E-state index contributed by atoms with van der Waals surface area (Å²) in [4.78, 5) is 22.6. The molecule has 0 aromatic carbocycles. The number of aromatic amines is 1. The van der Waals surface area contributed by atoms with Crippen LogP contribution >= 0.6 is 11.3 Å². The number of ether oxygens (including phenoxy) is 1. The van der Waals surface area contributed by atoms with Crippen LogP contribution in [0.4, 0.5) is 0 Å². The number of rotatable bonds is 2. The van der Waals surface area contributed by atoms with Crippen LogP contribution in [0.2, 0.25) is 0 Å². The summed E-state index contributed by atoms with van der Waals surface area (Å²) < 4.78 is 4.57. The molecule has 0 atom stereocenters. The average Bonchev–Trinajstić information content (AvgIpc) is 2.86. The van der Waals surface area contributed by atoms with Crippen LogP contribution in [0.15, 0.2) is 18.6 Å². The molecule has 0 aliphatic rings. The minimum Gasteiger partial charge on any atom is -0.465 e. The average molecular weight is 209 g/mol. The van der Waals surface area contributed by atoms with Crippen LogP contribution in [-0.4, -0.2) is 28.0 Å². The smallest absolute Gasteiger partial charge is 0.349 e. The zero-order valence-electron chi connectivity index (χ0n) is 7.35. The van der Waals surface area contributed by atoms with Crippen molar-refractivity contribution in [3.63, 3.8) is 0 Å². The highest BCUT2D eigenvalue weighted by Crippen LogP contribution is 2.21. The van der Waals surface area contributed by atoms with Crippen LogP contribution in [0, 0.1) is 0 Å². The van der Waals surface area contributed by atoms with Gasteiger partial charge in [0, 0.05) is 12.4 Å². The Morgan fingerprint density at radius 3 is 3.07 bits per heavy atom. The van der Waals surface area contributed by atoms with Gasteiger partial charge < -0.3 is 9.72 Å². The third-order valence-corrected chi connectivity index (χ3v) is 2.58. The zero-order valence-corrected chi connectivity index (χ0v) is 8.17. The molecule has 14 heavy (non-hydrogen) atoms. The van der Waals surface area contributed by atoms with E-state index in [0.717, 1.165) is 0 Å². The Morgan fingerprint density at radius 1 is 1.57 bits per heavy atom. The molecular formula is C8H7N3O2S. The van der Waals surface area contributed by atoms with Gasteiger partial charge in [0.15, 0.2) is 10.8 Å². The fourth-order valence-corrected chi connectivity index (χ4v) is 1.75. The van der Waals surface area contributed by atoms with Gasteiger partial charge in [0.1, 0.15) is 4.88 Å². The van der Waals surface area contributed by atoms with Crippen molar-refractivity contribution in [3.05, 3.63) is 23.5 Å². The molecule has 2 heterocycles. The zero-order chi connectivity index (χ0) is 9.97. The van der Waals surface area contributed by atoms with Gasteiger partial charge >= 0.3 is 5.97 Å². The van der Waals surface area contributed by atoms with Crippen LogP contribution < -0.4 is 0 Å².